The van der Waals surface area contributed by atoms with Gasteiger partial charge in [-0.05, 0) is 13.0 Å². The van der Waals surface area contributed by atoms with Gasteiger partial charge in [-0.15, -0.1) is 0 Å². The monoisotopic (exact) mass is 311 g/mol. The summed E-state index contributed by atoms with van der Waals surface area (Å²) in [5.41, 5.74) is 0.830. The van der Waals surface area contributed by atoms with Crippen molar-refractivity contribution in [1.29, 1.82) is 0 Å². The third-order valence-electron chi connectivity index (χ3n) is 2.28. The van der Waals surface area contributed by atoms with E-state index >= 15 is 0 Å². The molecule has 1 rings (SSSR count). The van der Waals surface area contributed by atoms with Crippen LogP contribution in [0, 0.1) is 11.6 Å². The first-order chi connectivity index (χ1) is 9.40. The highest BCUT2D eigenvalue weighted by Gasteiger charge is 2.27. The smallest absolute Gasteiger partial charge is 0.411 e. The van der Waals surface area contributed by atoms with E-state index in [-0.39, 0.29) is 19.8 Å². The molecule has 8 heteroatoms. The minimum Gasteiger partial charge on any atom is -0.491 e. The number of H-pyrrole nitrogens is 1. The molecule has 0 spiro atoms. The van der Waals surface area contributed by atoms with Crippen LogP contribution in [-0.4, -0.2) is 44.2 Å². The van der Waals surface area contributed by atoms with Crippen LogP contribution in [-0.2, 0) is 9.47 Å². The number of pyridine rings is 1. The second-order valence-corrected chi connectivity index (χ2v) is 4.33. The van der Waals surface area contributed by atoms with Gasteiger partial charge in [0.1, 0.15) is 23.6 Å². The Kier molecular flexibility index (Phi) is 6.97. The number of rotatable bonds is 8. The number of ether oxygens (including phenoxy) is 3. The average Bonchev–Trinajstić information content (AvgIpc) is 2.36. The molecule has 0 radical (unpaired) electrons. The lowest BCUT2D eigenvalue weighted by molar-refractivity contribution is -0.176. The van der Waals surface area contributed by atoms with Crippen molar-refractivity contribution < 1.29 is 27.4 Å². The second-order valence-electron chi connectivity index (χ2n) is 3.92. The van der Waals surface area contributed by atoms with Crippen molar-refractivity contribution in [2.45, 2.75) is 13.1 Å². The topological polar surface area (TPSA) is 43.5 Å². The number of alkyl halides is 3. The molecule has 0 aliphatic heterocycles. The molecule has 0 aliphatic carbocycles. The molecule has 4 nitrogen and oxygen atoms in total. The molecule has 0 saturated heterocycles. The maximum Gasteiger partial charge on any atom is 0.411 e. The first-order valence-electron chi connectivity index (χ1n) is 5.93. The lowest BCUT2D eigenvalue weighted by atomic mass is 10.3. The van der Waals surface area contributed by atoms with Crippen molar-refractivity contribution in [2.24, 2.45) is 0 Å². The van der Waals surface area contributed by atoms with E-state index in [0.29, 0.717) is 17.0 Å². The molecule has 0 aliphatic rings. The molecule has 0 bridgehead atoms. The maximum absolute atomic E-state index is 11.7. The van der Waals surface area contributed by atoms with Crippen molar-refractivity contribution in [3.63, 3.8) is 0 Å². The van der Waals surface area contributed by atoms with Gasteiger partial charge in [0.2, 0.25) is 0 Å². The summed E-state index contributed by atoms with van der Waals surface area (Å²) < 4.78 is 50.8. The molecule has 0 aromatic carbocycles. The Balaban J connectivity index is 2.08. The van der Waals surface area contributed by atoms with Crippen molar-refractivity contribution in [1.82, 2.24) is 4.98 Å². The Morgan fingerprint density at radius 3 is 2.50 bits per heavy atom. The summed E-state index contributed by atoms with van der Waals surface area (Å²) in [6, 6.07) is 1.75. The molecule has 1 aromatic heterocycles. The van der Waals surface area contributed by atoms with Gasteiger partial charge in [0.15, 0.2) is 0 Å². The third-order valence-corrected chi connectivity index (χ3v) is 2.71. The fourth-order valence-corrected chi connectivity index (χ4v) is 1.48. The van der Waals surface area contributed by atoms with Gasteiger partial charge >= 0.3 is 6.18 Å². The van der Waals surface area contributed by atoms with E-state index in [0.717, 1.165) is 5.56 Å². The minimum absolute atomic E-state index is 0.0906. The largest absolute Gasteiger partial charge is 0.491 e. The van der Waals surface area contributed by atoms with E-state index in [9.17, 15) is 13.2 Å². The molecule has 20 heavy (non-hydrogen) atoms. The summed E-state index contributed by atoms with van der Waals surface area (Å²) >= 11 is 5.05. The van der Waals surface area contributed by atoms with Crippen molar-refractivity contribution in [3.05, 3.63) is 22.5 Å². The van der Waals surface area contributed by atoms with Crippen molar-refractivity contribution in [2.75, 3.05) is 33.0 Å². The lowest BCUT2D eigenvalue weighted by Crippen LogP contribution is -2.19. The summed E-state index contributed by atoms with van der Waals surface area (Å²) in [6.45, 7) is 1.12. The number of nitrogens with one attached hydrogen (secondary N) is 1. The molecule has 1 heterocycles. The SMILES string of the molecule is Cc1c(OCCOCCOCC(F)(F)F)cc[nH]c1=S. The Bertz CT molecular complexity index is 462. The van der Waals surface area contributed by atoms with E-state index in [2.05, 4.69) is 9.72 Å². The molecular formula is C12H16F3NO3S. The predicted octanol–water partition coefficient (Wildman–Crippen LogP) is 3.03. The summed E-state index contributed by atoms with van der Waals surface area (Å²) in [5, 5.41) is 0. The van der Waals surface area contributed by atoms with Crippen LogP contribution in [0.3, 0.4) is 0 Å². The van der Waals surface area contributed by atoms with Gasteiger partial charge in [0.05, 0.1) is 19.8 Å². The first-order valence-corrected chi connectivity index (χ1v) is 6.34. The van der Waals surface area contributed by atoms with Gasteiger partial charge < -0.3 is 19.2 Å². The normalized spacial score (nSPS) is 11.6. The van der Waals surface area contributed by atoms with Gasteiger partial charge in [0, 0.05) is 11.8 Å². The molecule has 0 fully saturated rings. The van der Waals surface area contributed by atoms with Gasteiger partial charge in [-0.2, -0.15) is 13.2 Å². The van der Waals surface area contributed by atoms with Gasteiger partial charge in [-0.25, -0.2) is 0 Å². The van der Waals surface area contributed by atoms with Crippen LogP contribution in [0.1, 0.15) is 5.56 Å². The summed E-state index contributed by atoms with van der Waals surface area (Å²) in [5.74, 6) is 0.658. The molecule has 1 N–H and O–H groups in total. The zero-order chi connectivity index (χ0) is 15.0. The minimum atomic E-state index is -4.30. The Morgan fingerprint density at radius 1 is 1.15 bits per heavy atom. The molecule has 0 amide bonds. The standard InChI is InChI=1S/C12H16F3NO3S/c1-9-10(2-3-16-11(9)20)19-7-6-17-4-5-18-8-12(13,14)15/h2-3H,4-8H2,1H3,(H,16,20). The Labute approximate surface area is 119 Å². The van der Waals surface area contributed by atoms with Crippen molar-refractivity contribution in [3.8, 4) is 5.75 Å². The first kappa shape index (κ1) is 16.9. The highest BCUT2D eigenvalue weighted by Crippen LogP contribution is 2.16. The Morgan fingerprint density at radius 2 is 1.80 bits per heavy atom. The second kappa shape index (κ2) is 8.23. The maximum atomic E-state index is 11.7. The van der Waals surface area contributed by atoms with Gasteiger partial charge in [-0.3, -0.25) is 0 Å². The quantitative estimate of drug-likeness (QED) is 0.592. The molecule has 1 aromatic rings. The summed E-state index contributed by atoms with van der Waals surface area (Å²) in [4.78, 5) is 2.87. The van der Waals surface area contributed by atoms with Crippen LogP contribution < -0.4 is 4.74 Å². The fourth-order valence-electron chi connectivity index (χ4n) is 1.31. The van der Waals surface area contributed by atoms with Crippen LogP contribution in [0.4, 0.5) is 13.2 Å². The molecule has 0 atom stereocenters. The third kappa shape index (κ3) is 6.88. The number of halogens is 3. The zero-order valence-electron chi connectivity index (χ0n) is 11.0. The van der Waals surface area contributed by atoms with Crippen LogP contribution in [0.5, 0.6) is 5.75 Å². The number of hydrogen-bond donors (Lipinski definition) is 1. The molecule has 0 saturated carbocycles. The van der Waals surface area contributed by atoms with E-state index in [1.807, 2.05) is 6.92 Å². The van der Waals surface area contributed by atoms with Gasteiger partial charge in [-0.1, -0.05) is 12.2 Å². The van der Waals surface area contributed by atoms with Crippen molar-refractivity contribution >= 4 is 12.2 Å². The van der Waals surface area contributed by atoms with E-state index in [4.69, 9.17) is 21.7 Å². The van der Waals surface area contributed by atoms with Crippen LogP contribution in [0.2, 0.25) is 0 Å². The summed E-state index contributed by atoms with van der Waals surface area (Å²) in [7, 11) is 0. The Hall–Kier alpha value is -1.12. The number of aromatic nitrogens is 1. The molecule has 114 valence electrons. The fraction of sp³-hybridized carbons (Fsp3) is 0.583. The van der Waals surface area contributed by atoms with Crippen LogP contribution >= 0.6 is 12.2 Å². The summed E-state index contributed by atoms with van der Waals surface area (Å²) in [6.07, 6.45) is -2.62. The zero-order valence-corrected chi connectivity index (χ0v) is 11.8. The van der Waals surface area contributed by atoms with Crippen LogP contribution in [0.25, 0.3) is 0 Å². The van der Waals surface area contributed by atoms with Gasteiger partial charge in [0.25, 0.3) is 0 Å². The average molecular weight is 311 g/mol. The highest BCUT2D eigenvalue weighted by molar-refractivity contribution is 7.71. The molecular weight excluding hydrogens is 295 g/mol. The van der Waals surface area contributed by atoms with E-state index in [1.54, 1.807) is 12.3 Å². The number of aromatic amines is 1. The number of hydrogen-bond acceptors (Lipinski definition) is 4. The highest BCUT2D eigenvalue weighted by atomic mass is 32.1. The van der Waals surface area contributed by atoms with E-state index < -0.39 is 12.8 Å². The lowest BCUT2D eigenvalue weighted by Gasteiger charge is -2.10. The van der Waals surface area contributed by atoms with Crippen LogP contribution in [0.15, 0.2) is 12.3 Å². The van der Waals surface area contributed by atoms with E-state index in [1.165, 1.54) is 0 Å². The predicted molar refractivity (Wildman–Crippen MR) is 69.6 cm³/mol. The molecule has 0 unspecified atom stereocenters.